The lowest BCUT2D eigenvalue weighted by Gasteiger charge is -2.36. The molecule has 2 aliphatic rings. The minimum Gasteiger partial charge on any atom is -0.462 e. The number of aromatic nitrogens is 2. The number of nitrogens with zero attached hydrogens (tertiary/aromatic N) is 2. The van der Waals surface area contributed by atoms with Gasteiger partial charge in [0.1, 0.15) is 30.9 Å². The van der Waals surface area contributed by atoms with Gasteiger partial charge in [-0.15, -0.1) is 0 Å². The number of allylic oxidation sites excluding steroid dienone is 7. The number of carbonyl (C=O) groups is 3. The van der Waals surface area contributed by atoms with E-state index in [1.807, 2.05) is 6.92 Å². The number of rotatable bonds is 24. The highest BCUT2D eigenvalue weighted by Crippen LogP contribution is 2.60. The van der Waals surface area contributed by atoms with Crippen molar-refractivity contribution in [3.8, 4) is 0 Å². The van der Waals surface area contributed by atoms with Gasteiger partial charge in [-0.1, -0.05) is 133 Å². The zero-order valence-corrected chi connectivity index (χ0v) is 45.0. The Hall–Kier alpha value is -3.91. The molecule has 0 saturated heterocycles. The van der Waals surface area contributed by atoms with Crippen molar-refractivity contribution in [2.45, 2.75) is 192 Å². The number of ketones is 1. The number of phosphoric ester groups is 2. The first-order chi connectivity index (χ1) is 35.4. The van der Waals surface area contributed by atoms with Gasteiger partial charge in [-0.2, -0.15) is 9.29 Å². The number of esters is 2. The van der Waals surface area contributed by atoms with Crippen LogP contribution in [0.25, 0.3) is 0 Å². The molecule has 0 fully saturated rings. The van der Waals surface area contributed by atoms with Crippen molar-refractivity contribution in [3.05, 3.63) is 83.5 Å². The molecule has 74 heavy (non-hydrogen) atoms. The largest absolute Gasteiger partial charge is 0.481 e. The van der Waals surface area contributed by atoms with Gasteiger partial charge in [-0.3, -0.25) is 28.0 Å². The second-order valence-corrected chi connectivity index (χ2v) is 21.7. The molecule has 0 radical (unpaired) electrons. The Labute approximate surface area is 436 Å². The van der Waals surface area contributed by atoms with E-state index in [1.54, 1.807) is 12.2 Å². The number of carbonyl (C=O) groups excluding carboxylic acids is 3. The number of phosphoric acid groups is 2. The summed E-state index contributed by atoms with van der Waals surface area (Å²) in [6, 6.07) is 1.28. The molecule has 418 valence electrons. The molecular formula is C52H83N3O17P2. The molecule has 2 bridgehead atoms. The van der Waals surface area contributed by atoms with E-state index in [4.69, 9.17) is 29.0 Å². The molecular weight excluding hydrogens is 1000 g/mol. The van der Waals surface area contributed by atoms with Crippen molar-refractivity contribution >= 4 is 39.2 Å². The molecule has 22 heteroatoms. The van der Waals surface area contributed by atoms with Crippen LogP contribution < -0.4 is 11.4 Å². The van der Waals surface area contributed by atoms with Crippen LogP contribution in [0.2, 0.25) is 0 Å². The Kier molecular flexibility index (Phi) is 31.5. The summed E-state index contributed by atoms with van der Waals surface area (Å²) in [5.41, 5.74) is 4.84. The number of unbranched alkanes of at least 4 members (excludes halogenated alkanes) is 12. The van der Waals surface area contributed by atoms with Crippen LogP contribution >= 0.6 is 15.6 Å². The molecule has 0 saturated carbocycles. The fourth-order valence-electron chi connectivity index (χ4n) is 8.08. The van der Waals surface area contributed by atoms with Crippen LogP contribution in [-0.4, -0.2) is 103 Å². The van der Waals surface area contributed by atoms with Gasteiger partial charge >= 0.3 is 33.3 Å². The predicted octanol–water partition coefficient (Wildman–Crippen LogP) is 8.73. The van der Waals surface area contributed by atoms with Crippen molar-refractivity contribution in [1.82, 2.24) is 9.55 Å². The Bertz CT molecular complexity index is 2130. The molecule has 2 aliphatic heterocycles. The first-order valence-corrected chi connectivity index (χ1v) is 29.3. The van der Waals surface area contributed by atoms with E-state index in [-0.39, 0.29) is 31.5 Å². The smallest absolute Gasteiger partial charge is 0.462 e. The number of ether oxygens (including phenoxy) is 3. The maximum Gasteiger partial charge on any atom is 0.481 e. The van der Waals surface area contributed by atoms with Crippen LogP contribution in [0, 0.1) is 11.8 Å². The van der Waals surface area contributed by atoms with Crippen LogP contribution in [-0.2, 0) is 51.1 Å². The third-order valence-corrected chi connectivity index (χ3v) is 14.9. The summed E-state index contributed by atoms with van der Waals surface area (Å²) in [4.78, 5) is 78.0. The average molecular weight is 1080 g/mol. The number of hydrogen-bond acceptors (Lipinski definition) is 17. The highest BCUT2D eigenvalue weighted by Gasteiger charge is 2.42. The van der Waals surface area contributed by atoms with Crippen molar-refractivity contribution < 1.29 is 76.2 Å². The third-order valence-electron chi connectivity index (χ3n) is 12.3. The van der Waals surface area contributed by atoms with Gasteiger partial charge < -0.3 is 45.1 Å². The van der Waals surface area contributed by atoms with Crippen LogP contribution in [0.4, 0.5) is 5.82 Å². The van der Waals surface area contributed by atoms with Crippen molar-refractivity contribution in [3.63, 3.8) is 0 Å². The standard InChI is InChI=1S/C52H83N3O17P2/c1-3-5-7-8-9-10-11-12-13-14-15-16-17-18-19-20-26-30-48(59)70-42-37-67-47(58)29-25-22-21-24-27-40-31-34-44(57)43(33-32-41(56)28-23-6-4-2)49(60)50(61)45(39-69-74(65,66)72-73(63,64)68-38-42)71-51(40)55-36-35-46(53)54-52(55)62/h9-10,12-13,21,24,31-36,40-43,45,49-51,56,60-61H,3-8,11,14-20,22-23,25-30,37-39H2,1-2H3,(H,63,64)(H,65,66)(H2,53,54,62)/b10-9-,13-12-,24-21?,33-32+,34-31?/t40-,41-,42+,43-,45+,49-,50+,51+/m0/s1. The number of cyclic esters (lactones) is 1. The molecule has 1 aromatic rings. The highest BCUT2D eigenvalue weighted by atomic mass is 31.3. The van der Waals surface area contributed by atoms with Gasteiger partial charge in [0.05, 0.1) is 31.3 Å². The minimum atomic E-state index is -5.68. The molecule has 7 N–H and O–H groups in total. The van der Waals surface area contributed by atoms with E-state index in [2.05, 4.69) is 40.5 Å². The number of nitrogen functional groups attached to an aromatic ring is 1. The molecule has 20 nitrogen and oxygen atoms in total. The van der Waals surface area contributed by atoms with Gasteiger partial charge in [-0.25, -0.2) is 13.9 Å². The highest BCUT2D eigenvalue weighted by molar-refractivity contribution is 7.61. The fourth-order valence-corrected chi connectivity index (χ4v) is 10.2. The molecule has 0 spiro atoms. The maximum absolute atomic E-state index is 13.8. The van der Waals surface area contributed by atoms with E-state index in [9.17, 15) is 53.4 Å². The monoisotopic (exact) mass is 1080 g/mol. The van der Waals surface area contributed by atoms with Crippen molar-refractivity contribution in [2.75, 3.05) is 25.6 Å². The van der Waals surface area contributed by atoms with Gasteiger partial charge in [-0.05, 0) is 76.4 Å². The minimum absolute atomic E-state index is 0.00143. The molecule has 2 unspecified atom stereocenters. The topological polar surface area (TPSA) is 303 Å². The molecule has 0 amide bonds. The third kappa shape index (κ3) is 26.7. The van der Waals surface area contributed by atoms with Gasteiger partial charge in [0.15, 0.2) is 11.9 Å². The maximum atomic E-state index is 13.8. The van der Waals surface area contributed by atoms with Gasteiger partial charge in [0, 0.05) is 25.0 Å². The number of anilines is 1. The molecule has 1 aromatic heterocycles. The quantitative estimate of drug-likeness (QED) is 0.0244. The lowest BCUT2D eigenvalue weighted by atomic mass is 9.88. The number of fused-ring (bicyclic) bond motifs is 3. The van der Waals surface area contributed by atoms with Crippen molar-refractivity contribution in [1.29, 1.82) is 0 Å². The molecule has 0 aliphatic carbocycles. The number of aliphatic hydroxyl groups excluding tert-OH is 3. The number of hydrogen-bond donors (Lipinski definition) is 6. The van der Waals surface area contributed by atoms with Gasteiger partial charge in [0.25, 0.3) is 0 Å². The van der Waals surface area contributed by atoms with Crippen molar-refractivity contribution in [2.24, 2.45) is 11.8 Å². The van der Waals surface area contributed by atoms with Crippen LogP contribution in [0.3, 0.4) is 0 Å². The molecule has 3 heterocycles. The first-order valence-electron chi connectivity index (χ1n) is 26.4. The van der Waals surface area contributed by atoms with Gasteiger partial charge in [0.2, 0.25) is 0 Å². The second kappa shape index (κ2) is 36.2. The Balaban J connectivity index is 1.75. The lowest BCUT2D eigenvalue weighted by molar-refractivity contribution is -0.167. The van der Waals surface area contributed by atoms with E-state index in [0.29, 0.717) is 25.7 Å². The molecule has 0 aromatic carbocycles. The summed E-state index contributed by atoms with van der Waals surface area (Å²) in [5.74, 6) is -4.70. The van der Waals surface area contributed by atoms with E-state index in [1.165, 1.54) is 49.8 Å². The zero-order valence-electron chi connectivity index (χ0n) is 43.2. The first kappa shape index (κ1) is 64.4. The zero-order chi connectivity index (χ0) is 54.2. The van der Waals surface area contributed by atoms with Crippen LogP contribution in [0.15, 0.2) is 77.8 Å². The van der Waals surface area contributed by atoms with Crippen LogP contribution in [0.5, 0.6) is 0 Å². The predicted molar refractivity (Wildman–Crippen MR) is 279 cm³/mol. The fraction of sp³-hybridized carbons (Fsp3) is 0.673. The lowest BCUT2D eigenvalue weighted by Crippen LogP contribution is -2.49. The summed E-state index contributed by atoms with van der Waals surface area (Å²) < 4.78 is 59.2. The summed E-state index contributed by atoms with van der Waals surface area (Å²) in [6.45, 7) is 1.52. The SMILES string of the molecule is CCCCC/C=C\C/C=C\CCCCCCCCCC(=O)O[C@@H]1COC(=O)CCCC=CC[C@H]2C=CC(=O)[C@H](/C=C/[C@@H](O)CCCCC)[C@H](O)[C@H](O)[C@@H](COP(=O)(O)OP(=O)(O)OC1)O[C@H]2n1ccc(N)nc1=O. The second-order valence-electron chi connectivity index (χ2n) is 18.7. The molecule has 3 rings (SSSR count). The normalized spacial score (nSPS) is 27.9. The molecule has 10 atom stereocenters. The summed E-state index contributed by atoms with van der Waals surface area (Å²) in [7, 11) is -11.3. The number of aliphatic hydroxyl groups is 3. The Morgan fingerprint density at radius 3 is 2.20 bits per heavy atom. The van der Waals surface area contributed by atoms with E-state index >= 15 is 0 Å². The number of nitrogens with two attached hydrogens (primary N) is 1. The summed E-state index contributed by atoms with van der Waals surface area (Å²) in [6.07, 6.45) is 25.4. The summed E-state index contributed by atoms with van der Waals surface area (Å²) in [5, 5.41) is 33.9. The summed E-state index contributed by atoms with van der Waals surface area (Å²) >= 11 is 0. The Morgan fingerprint density at radius 1 is 0.865 bits per heavy atom. The average Bonchev–Trinajstić information content (AvgIpc) is 3.34. The van der Waals surface area contributed by atoms with Crippen LogP contribution in [0.1, 0.15) is 161 Å². The van der Waals surface area contributed by atoms with E-state index < -0.39 is 107 Å². The van der Waals surface area contributed by atoms with E-state index in [0.717, 1.165) is 81.3 Å². The Morgan fingerprint density at radius 2 is 1.51 bits per heavy atom.